The van der Waals surface area contributed by atoms with Gasteiger partial charge in [-0.05, 0) is 30.9 Å². The Morgan fingerprint density at radius 2 is 1.56 bits per heavy atom. The molecule has 2 aromatic rings. The van der Waals surface area contributed by atoms with Gasteiger partial charge in [0.15, 0.2) is 4.34 Å². The van der Waals surface area contributed by atoms with Crippen LogP contribution in [0.4, 0.5) is 0 Å². The summed E-state index contributed by atoms with van der Waals surface area (Å²) in [6.45, 7) is 4.03. The van der Waals surface area contributed by atoms with Crippen LogP contribution in [-0.4, -0.2) is 31.1 Å². The maximum Gasteiger partial charge on any atom is 0.350 e. The third kappa shape index (κ3) is 9.06. The first-order valence-corrected chi connectivity index (χ1v) is 14.1. The van der Waals surface area contributed by atoms with Crippen LogP contribution >= 0.6 is 23.1 Å². The van der Waals surface area contributed by atoms with E-state index in [9.17, 15) is 9.59 Å². The predicted molar refractivity (Wildman–Crippen MR) is 141 cm³/mol. The highest BCUT2D eigenvalue weighted by molar-refractivity contribution is 8.01. The van der Waals surface area contributed by atoms with Gasteiger partial charge < -0.3 is 9.47 Å². The van der Waals surface area contributed by atoms with Gasteiger partial charge in [-0.3, -0.25) is 4.79 Å². The van der Waals surface area contributed by atoms with E-state index in [0.29, 0.717) is 14.9 Å². The Balaban J connectivity index is 1.97. The first-order chi connectivity index (χ1) is 16.5. The number of ether oxygens (including phenoxy) is 2. The number of thiazole rings is 1. The highest BCUT2D eigenvalue weighted by Crippen LogP contribution is 2.40. The number of rotatable bonds is 16. The molecule has 0 bridgehead atoms. The average Bonchev–Trinajstić information content (AvgIpc) is 3.23. The molecule has 0 aliphatic heterocycles. The zero-order chi connectivity index (χ0) is 24.8. The fraction of sp³-hybridized carbons (Fsp3) is 0.593. The maximum absolute atomic E-state index is 12.7. The van der Waals surface area contributed by atoms with Crippen molar-refractivity contribution in [2.45, 2.75) is 94.1 Å². The van der Waals surface area contributed by atoms with E-state index in [0.717, 1.165) is 18.4 Å². The predicted octanol–water partition coefficient (Wildman–Crippen LogP) is 7.71. The van der Waals surface area contributed by atoms with Gasteiger partial charge in [0.2, 0.25) is 0 Å². The summed E-state index contributed by atoms with van der Waals surface area (Å²) in [7, 11) is 2.77. The summed E-state index contributed by atoms with van der Waals surface area (Å²) >= 11 is 2.59. The second kappa shape index (κ2) is 15.9. The summed E-state index contributed by atoms with van der Waals surface area (Å²) < 4.78 is 10.6. The Morgan fingerprint density at radius 1 is 0.941 bits per heavy atom. The molecule has 0 saturated carbocycles. The summed E-state index contributed by atoms with van der Waals surface area (Å²) in [5, 5.41) is -0.527. The first kappa shape index (κ1) is 28.4. The van der Waals surface area contributed by atoms with Crippen molar-refractivity contribution in [1.82, 2.24) is 4.98 Å². The molecule has 0 fully saturated rings. The van der Waals surface area contributed by atoms with E-state index >= 15 is 0 Å². The normalized spacial score (nSPS) is 11.9. The molecule has 1 aromatic heterocycles. The van der Waals surface area contributed by atoms with Gasteiger partial charge in [0.05, 0.1) is 19.9 Å². The van der Waals surface area contributed by atoms with E-state index in [1.54, 1.807) is 6.92 Å². The Kier molecular flexibility index (Phi) is 13.3. The van der Waals surface area contributed by atoms with Gasteiger partial charge in [0, 0.05) is 0 Å². The highest BCUT2D eigenvalue weighted by Gasteiger charge is 2.28. The number of hydrogen-bond acceptors (Lipinski definition) is 7. The molecule has 2 rings (SSSR count). The molecule has 188 valence electrons. The number of benzene rings is 1. The third-order valence-electron chi connectivity index (χ3n) is 5.92. The molecule has 7 heteroatoms. The van der Waals surface area contributed by atoms with E-state index < -0.39 is 11.2 Å². The van der Waals surface area contributed by atoms with Crippen molar-refractivity contribution in [3.05, 3.63) is 46.0 Å². The molecule has 1 atom stereocenters. The molecule has 0 amide bonds. The number of hydrogen-bond donors (Lipinski definition) is 0. The van der Waals surface area contributed by atoms with Crippen LogP contribution in [0.15, 0.2) is 28.6 Å². The van der Waals surface area contributed by atoms with Crippen molar-refractivity contribution in [2.24, 2.45) is 0 Å². The standard InChI is InChI=1S/C27H39NO4S2/c1-5-6-7-8-9-10-11-12-13-14-17-21-18-15-16-19-22(21)24(26(30)32-4)34-27-28-20(2)23(33-27)25(29)31-3/h15-16,18-19,24H,5-14,17H2,1-4H3. The fourth-order valence-electron chi connectivity index (χ4n) is 3.97. The zero-order valence-electron chi connectivity index (χ0n) is 21.1. The Hall–Kier alpha value is -1.86. The second-order valence-electron chi connectivity index (χ2n) is 8.54. The summed E-state index contributed by atoms with van der Waals surface area (Å²) in [6.07, 6.45) is 13.9. The molecule has 0 aliphatic rings. The minimum Gasteiger partial charge on any atom is -0.468 e. The van der Waals surface area contributed by atoms with Gasteiger partial charge in [0.1, 0.15) is 10.1 Å². The number of thioether (sulfide) groups is 1. The van der Waals surface area contributed by atoms with Gasteiger partial charge >= 0.3 is 11.9 Å². The van der Waals surface area contributed by atoms with Crippen molar-refractivity contribution in [3.63, 3.8) is 0 Å². The summed E-state index contributed by atoms with van der Waals surface area (Å²) in [5.41, 5.74) is 2.75. The number of carbonyl (C=O) groups excluding carboxylic acids is 2. The van der Waals surface area contributed by atoms with Crippen LogP contribution in [0.25, 0.3) is 0 Å². The number of aryl methyl sites for hydroxylation is 2. The van der Waals surface area contributed by atoms with Gasteiger partial charge in [-0.2, -0.15) is 0 Å². The lowest BCUT2D eigenvalue weighted by molar-refractivity contribution is -0.140. The van der Waals surface area contributed by atoms with Crippen LogP contribution in [0, 0.1) is 6.92 Å². The van der Waals surface area contributed by atoms with Crippen molar-refractivity contribution in [2.75, 3.05) is 14.2 Å². The summed E-state index contributed by atoms with van der Waals surface area (Å²) in [6, 6.07) is 8.09. The topological polar surface area (TPSA) is 65.5 Å². The minimum absolute atomic E-state index is 0.312. The first-order valence-electron chi connectivity index (χ1n) is 12.4. The molecule has 1 unspecified atom stereocenters. The molecule has 1 aromatic carbocycles. The molecule has 1 heterocycles. The average molecular weight is 506 g/mol. The Morgan fingerprint density at radius 3 is 2.18 bits per heavy atom. The number of methoxy groups -OCH3 is 2. The minimum atomic E-state index is -0.527. The lowest BCUT2D eigenvalue weighted by Crippen LogP contribution is -2.13. The van der Waals surface area contributed by atoms with Crippen molar-refractivity contribution >= 4 is 35.0 Å². The molecule has 5 nitrogen and oxygen atoms in total. The summed E-state index contributed by atoms with van der Waals surface area (Å²) in [4.78, 5) is 29.7. The number of unbranched alkanes of at least 4 members (excludes halogenated alkanes) is 9. The van der Waals surface area contributed by atoms with Gasteiger partial charge in [-0.15, -0.1) is 11.3 Å². The third-order valence-corrected chi connectivity index (χ3v) is 8.36. The zero-order valence-corrected chi connectivity index (χ0v) is 22.7. The van der Waals surface area contributed by atoms with Crippen LogP contribution in [0.2, 0.25) is 0 Å². The molecule has 0 N–H and O–H groups in total. The van der Waals surface area contributed by atoms with Crippen LogP contribution in [0.3, 0.4) is 0 Å². The van der Waals surface area contributed by atoms with Gasteiger partial charge in [-0.25, -0.2) is 9.78 Å². The Bertz CT molecular complexity index is 897. The number of esters is 2. The van der Waals surface area contributed by atoms with Crippen LogP contribution in [0.5, 0.6) is 0 Å². The highest BCUT2D eigenvalue weighted by atomic mass is 32.2. The van der Waals surface area contributed by atoms with E-state index in [1.807, 2.05) is 18.2 Å². The van der Waals surface area contributed by atoms with Crippen molar-refractivity contribution < 1.29 is 19.1 Å². The molecular weight excluding hydrogens is 466 g/mol. The summed E-state index contributed by atoms with van der Waals surface area (Å²) in [5.74, 6) is -0.717. The van der Waals surface area contributed by atoms with E-state index in [4.69, 9.17) is 9.47 Å². The quantitative estimate of drug-likeness (QED) is 0.132. The van der Waals surface area contributed by atoms with Gasteiger partial charge in [-0.1, -0.05) is 101 Å². The van der Waals surface area contributed by atoms with Crippen LogP contribution in [-0.2, 0) is 20.7 Å². The fourth-order valence-corrected chi connectivity index (χ4v) is 6.36. The maximum atomic E-state index is 12.7. The number of carbonyl (C=O) groups is 2. The van der Waals surface area contributed by atoms with E-state index in [1.165, 1.54) is 101 Å². The Labute approximate surface area is 213 Å². The van der Waals surface area contributed by atoms with Crippen LogP contribution < -0.4 is 0 Å². The van der Waals surface area contributed by atoms with Gasteiger partial charge in [0.25, 0.3) is 0 Å². The molecule has 0 radical (unpaired) electrons. The molecule has 0 spiro atoms. The molecule has 34 heavy (non-hydrogen) atoms. The van der Waals surface area contributed by atoms with Crippen molar-refractivity contribution in [1.29, 1.82) is 0 Å². The van der Waals surface area contributed by atoms with Crippen molar-refractivity contribution in [3.8, 4) is 0 Å². The molecule has 0 saturated heterocycles. The van der Waals surface area contributed by atoms with E-state index in [2.05, 4.69) is 18.0 Å². The second-order valence-corrected chi connectivity index (χ2v) is 10.9. The molecule has 0 aliphatic carbocycles. The lowest BCUT2D eigenvalue weighted by Gasteiger charge is -2.17. The number of aromatic nitrogens is 1. The largest absolute Gasteiger partial charge is 0.468 e. The van der Waals surface area contributed by atoms with E-state index in [-0.39, 0.29) is 5.97 Å². The van der Waals surface area contributed by atoms with Crippen LogP contribution in [0.1, 0.15) is 103 Å². The SMILES string of the molecule is CCCCCCCCCCCCc1ccccc1C(Sc1nc(C)c(C(=O)OC)s1)C(=O)OC. The number of nitrogens with zero attached hydrogens (tertiary/aromatic N) is 1. The lowest BCUT2D eigenvalue weighted by atomic mass is 9.98. The molecular formula is C27H39NO4S2. The monoisotopic (exact) mass is 505 g/mol. The smallest absolute Gasteiger partial charge is 0.350 e.